The van der Waals surface area contributed by atoms with Crippen LogP contribution < -0.4 is 0 Å². The smallest absolute Gasteiger partial charge is 0.409 e. The van der Waals surface area contributed by atoms with Crippen molar-refractivity contribution >= 4 is 23.3 Å². The Hall–Kier alpha value is -2.41. The van der Waals surface area contributed by atoms with Gasteiger partial charge in [0.2, 0.25) is 5.91 Å². The van der Waals surface area contributed by atoms with Crippen LogP contribution in [0.5, 0.6) is 0 Å². The molecular weight excluding hydrogens is 350 g/mol. The van der Waals surface area contributed by atoms with Crippen molar-refractivity contribution in [3.63, 3.8) is 0 Å². The predicted molar refractivity (Wildman–Crippen MR) is 101 cm³/mol. The Morgan fingerprint density at radius 1 is 1.12 bits per heavy atom. The maximum absolute atomic E-state index is 12.5. The molecule has 6 nitrogen and oxygen atoms in total. The van der Waals surface area contributed by atoms with Crippen LogP contribution in [-0.2, 0) is 16.0 Å². The lowest BCUT2D eigenvalue weighted by Gasteiger charge is -2.34. The molecule has 138 valence electrons. The average Bonchev–Trinajstić information content (AvgIpc) is 3.11. The standard InChI is InChI=1S/C19H23N3O3S/c1-3-25-19(24)22-10-8-21(9-11-22)17(23)12-16-13-26-18(20-16)15-6-4-14(2)5-7-15/h4-7,13H,3,8-12H2,1-2H3. The van der Waals surface area contributed by atoms with E-state index in [1.54, 1.807) is 28.1 Å². The van der Waals surface area contributed by atoms with Gasteiger partial charge in [0.1, 0.15) is 5.01 Å². The van der Waals surface area contributed by atoms with Crippen LogP contribution in [0.25, 0.3) is 10.6 Å². The van der Waals surface area contributed by atoms with Crippen LogP contribution in [0.4, 0.5) is 4.79 Å². The van der Waals surface area contributed by atoms with E-state index >= 15 is 0 Å². The average molecular weight is 373 g/mol. The lowest BCUT2D eigenvalue weighted by molar-refractivity contribution is -0.132. The van der Waals surface area contributed by atoms with E-state index in [2.05, 4.69) is 24.0 Å². The maximum atomic E-state index is 12.5. The first kappa shape index (κ1) is 18.4. The van der Waals surface area contributed by atoms with E-state index in [0.29, 0.717) is 39.2 Å². The zero-order valence-electron chi connectivity index (χ0n) is 15.1. The van der Waals surface area contributed by atoms with Gasteiger partial charge in [0, 0.05) is 37.1 Å². The Morgan fingerprint density at radius 3 is 2.42 bits per heavy atom. The highest BCUT2D eigenvalue weighted by Gasteiger charge is 2.25. The molecular formula is C19H23N3O3S. The minimum Gasteiger partial charge on any atom is -0.450 e. The summed E-state index contributed by atoms with van der Waals surface area (Å²) in [7, 11) is 0. The molecule has 2 amide bonds. The molecule has 26 heavy (non-hydrogen) atoms. The molecule has 1 aliphatic heterocycles. The molecule has 0 N–H and O–H groups in total. The van der Waals surface area contributed by atoms with Gasteiger partial charge in [-0.25, -0.2) is 9.78 Å². The summed E-state index contributed by atoms with van der Waals surface area (Å²) in [5.74, 6) is 0.0502. The number of piperazine rings is 1. The Bertz CT molecular complexity index is 765. The molecule has 1 aliphatic rings. The second-order valence-corrected chi connectivity index (χ2v) is 7.11. The van der Waals surface area contributed by atoms with Gasteiger partial charge in [-0.05, 0) is 13.8 Å². The van der Waals surface area contributed by atoms with Gasteiger partial charge in [0.15, 0.2) is 0 Å². The molecule has 1 aromatic heterocycles. The first-order valence-electron chi connectivity index (χ1n) is 8.77. The zero-order valence-corrected chi connectivity index (χ0v) is 15.9. The Morgan fingerprint density at radius 2 is 1.77 bits per heavy atom. The SMILES string of the molecule is CCOC(=O)N1CCN(C(=O)Cc2csc(-c3ccc(C)cc3)n2)CC1. The minimum atomic E-state index is -0.304. The molecule has 0 unspecified atom stereocenters. The number of nitrogens with zero attached hydrogens (tertiary/aromatic N) is 3. The number of hydrogen-bond acceptors (Lipinski definition) is 5. The predicted octanol–water partition coefficient (Wildman–Crippen LogP) is 2.96. The maximum Gasteiger partial charge on any atom is 0.409 e. The summed E-state index contributed by atoms with van der Waals surface area (Å²) in [6, 6.07) is 8.22. The third-order valence-corrected chi connectivity index (χ3v) is 5.28. The quantitative estimate of drug-likeness (QED) is 0.827. The molecule has 0 spiro atoms. The van der Waals surface area contributed by atoms with Crippen molar-refractivity contribution in [3.8, 4) is 10.6 Å². The van der Waals surface area contributed by atoms with E-state index in [-0.39, 0.29) is 12.0 Å². The number of ether oxygens (including phenoxy) is 1. The second kappa shape index (κ2) is 8.31. The molecule has 0 aliphatic carbocycles. The number of rotatable bonds is 4. The van der Waals surface area contributed by atoms with Crippen LogP contribution in [0.1, 0.15) is 18.2 Å². The van der Waals surface area contributed by atoms with Crippen molar-refractivity contribution < 1.29 is 14.3 Å². The fraction of sp³-hybridized carbons (Fsp3) is 0.421. The van der Waals surface area contributed by atoms with Crippen LogP contribution >= 0.6 is 11.3 Å². The van der Waals surface area contributed by atoms with Gasteiger partial charge in [-0.1, -0.05) is 29.8 Å². The summed E-state index contributed by atoms with van der Waals surface area (Å²) in [4.78, 5) is 32.3. The second-order valence-electron chi connectivity index (χ2n) is 6.25. The number of aromatic nitrogens is 1. The Kier molecular flexibility index (Phi) is 5.88. The molecule has 1 saturated heterocycles. The van der Waals surface area contributed by atoms with Crippen molar-refractivity contribution in [1.29, 1.82) is 0 Å². The summed E-state index contributed by atoms with van der Waals surface area (Å²) in [5.41, 5.74) is 3.08. The topological polar surface area (TPSA) is 62.7 Å². The minimum absolute atomic E-state index is 0.0502. The van der Waals surface area contributed by atoms with Crippen LogP contribution in [0.3, 0.4) is 0 Å². The molecule has 0 atom stereocenters. The summed E-state index contributed by atoms with van der Waals surface area (Å²) < 4.78 is 5.00. The van der Waals surface area contributed by atoms with Crippen LogP contribution in [0.2, 0.25) is 0 Å². The summed E-state index contributed by atoms with van der Waals surface area (Å²) in [6.07, 6.45) is -0.0104. The third kappa shape index (κ3) is 4.40. The number of carbonyl (C=O) groups is 2. The van der Waals surface area contributed by atoms with Gasteiger partial charge < -0.3 is 14.5 Å². The van der Waals surface area contributed by atoms with Crippen molar-refractivity contribution in [3.05, 3.63) is 40.9 Å². The lowest BCUT2D eigenvalue weighted by atomic mass is 10.2. The highest BCUT2D eigenvalue weighted by atomic mass is 32.1. The van der Waals surface area contributed by atoms with Crippen LogP contribution in [0, 0.1) is 6.92 Å². The monoisotopic (exact) mass is 373 g/mol. The lowest BCUT2D eigenvalue weighted by Crippen LogP contribution is -2.51. The number of thiazole rings is 1. The van der Waals surface area contributed by atoms with Crippen molar-refractivity contribution in [2.24, 2.45) is 0 Å². The summed E-state index contributed by atoms with van der Waals surface area (Å²) in [6.45, 7) is 6.30. The number of hydrogen-bond donors (Lipinski definition) is 0. The molecule has 0 saturated carbocycles. The molecule has 7 heteroatoms. The van der Waals surface area contributed by atoms with Gasteiger partial charge >= 0.3 is 6.09 Å². The zero-order chi connectivity index (χ0) is 18.5. The largest absolute Gasteiger partial charge is 0.450 e. The normalized spacial score (nSPS) is 14.4. The van der Waals surface area contributed by atoms with Gasteiger partial charge in [0.25, 0.3) is 0 Å². The van der Waals surface area contributed by atoms with Gasteiger partial charge in [0.05, 0.1) is 18.7 Å². The molecule has 2 aromatic rings. The summed E-state index contributed by atoms with van der Waals surface area (Å²) in [5, 5.41) is 2.88. The van der Waals surface area contributed by atoms with Crippen molar-refractivity contribution in [2.75, 3.05) is 32.8 Å². The number of amides is 2. The fourth-order valence-corrected chi connectivity index (χ4v) is 3.66. The molecule has 0 radical (unpaired) electrons. The third-order valence-electron chi connectivity index (χ3n) is 4.34. The van der Waals surface area contributed by atoms with Gasteiger partial charge in [-0.15, -0.1) is 11.3 Å². The molecule has 1 fully saturated rings. The molecule has 2 heterocycles. The number of aryl methyl sites for hydroxylation is 1. The Balaban J connectivity index is 1.54. The van der Waals surface area contributed by atoms with Gasteiger partial charge in [-0.3, -0.25) is 4.79 Å². The van der Waals surface area contributed by atoms with E-state index in [1.807, 2.05) is 17.5 Å². The van der Waals surface area contributed by atoms with Crippen LogP contribution in [-0.4, -0.2) is 59.6 Å². The van der Waals surface area contributed by atoms with E-state index in [0.717, 1.165) is 16.3 Å². The molecule has 0 bridgehead atoms. The number of carbonyl (C=O) groups excluding carboxylic acids is 2. The highest BCUT2D eigenvalue weighted by molar-refractivity contribution is 7.13. The van der Waals surface area contributed by atoms with Crippen LogP contribution in [0.15, 0.2) is 29.6 Å². The molecule has 3 rings (SSSR count). The Labute approximate surface area is 157 Å². The number of benzene rings is 1. The van der Waals surface area contributed by atoms with E-state index in [1.165, 1.54) is 5.56 Å². The highest BCUT2D eigenvalue weighted by Crippen LogP contribution is 2.24. The fourth-order valence-electron chi connectivity index (χ4n) is 2.84. The van der Waals surface area contributed by atoms with Gasteiger partial charge in [-0.2, -0.15) is 0 Å². The molecule has 1 aromatic carbocycles. The van der Waals surface area contributed by atoms with E-state index in [4.69, 9.17) is 4.74 Å². The first-order valence-corrected chi connectivity index (χ1v) is 9.65. The van der Waals surface area contributed by atoms with Crippen molar-refractivity contribution in [2.45, 2.75) is 20.3 Å². The summed E-state index contributed by atoms with van der Waals surface area (Å²) >= 11 is 1.56. The van der Waals surface area contributed by atoms with E-state index in [9.17, 15) is 9.59 Å². The first-order chi connectivity index (χ1) is 12.6. The van der Waals surface area contributed by atoms with Crippen molar-refractivity contribution in [1.82, 2.24) is 14.8 Å². The van der Waals surface area contributed by atoms with E-state index < -0.39 is 0 Å².